The van der Waals surface area contributed by atoms with Gasteiger partial charge >= 0.3 is 0 Å². The lowest BCUT2D eigenvalue weighted by Gasteiger charge is -1.96. The minimum absolute atomic E-state index is 0.105. The van der Waals surface area contributed by atoms with E-state index in [2.05, 4.69) is 5.32 Å². The Bertz CT molecular complexity index is 465. The number of benzene rings is 1. The number of hydrogen-bond acceptors (Lipinski definition) is 3. The third-order valence-electron chi connectivity index (χ3n) is 1.98. The Morgan fingerprint density at radius 1 is 1.47 bits per heavy atom. The maximum absolute atomic E-state index is 11.4. The van der Waals surface area contributed by atoms with E-state index in [1.54, 1.807) is 0 Å². The zero-order valence-electron chi connectivity index (χ0n) is 8.11. The van der Waals surface area contributed by atoms with Gasteiger partial charge in [-0.05, 0) is 18.6 Å². The maximum Gasteiger partial charge on any atom is 0.263 e. The van der Waals surface area contributed by atoms with Gasteiger partial charge in [0.05, 0.1) is 4.91 Å². The Morgan fingerprint density at radius 2 is 2.27 bits per heavy atom. The van der Waals surface area contributed by atoms with E-state index in [4.69, 9.17) is 12.2 Å². The first kappa shape index (κ1) is 10.4. The van der Waals surface area contributed by atoms with Crippen LogP contribution in [0, 0.1) is 6.92 Å². The van der Waals surface area contributed by atoms with E-state index in [0.29, 0.717) is 9.23 Å². The monoisotopic (exact) mass is 235 g/mol. The number of hydrogen-bond donors (Lipinski definition) is 1. The number of aryl methyl sites for hydroxylation is 1. The fourth-order valence-corrected chi connectivity index (χ4v) is 2.38. The van der Waals surface area contributed by atoms with Crippen molar-refractivity contribution in [2.75, 3.05) is 0 Å². The molecule has 76 valence electrons. The lowest BCUT2D eigenvalue weighted by atomic mass is 10.1. The van der Waals surface area contributed by atoms with Gasteiger partial charge in [-0.1, -0.05) is 53.8 Å². The predicted molar refractivity (Wildman–Crippen MR) is 67.5 cm³/mol. The van der Waals surface area contributed by atoms with Crippen molar-refractivity contribution < 1.29 is 4.79 Å². The molecular weight excluding hydrogens is 226 g/mol. The van der Waals surface area contributed by atoms with Crippen LogP contribution in [-0.4, -0.2) is 10.2 Å². The molecule has 1 heterocycles. The summed E-state index contributed by atoms with van der Waals surface area (Å²) >= 11 is 6.21. The van der Waals surface area contributed by atoms with Crippen LogP contribution in [0.2, 0.25) is 0 Å². The standard InChI is InChI=1S/C11H9NOS2/c1-7-3-2-4-8(5-7)6-9-10(13)12-11(14)15-9/h2-6H,1H3,(H,12,13,14)/b9-6-. The lowest BCUT2D eigenvalue weighted by Crippen LogP contribution is -2.17. The van der Waals surface area contributed by atoms with Gasteiger partial charge < -0.3 is 5.32 Å². The van der Waals surface area contributed by atoms with Crippen molar-refractivity contribution in [1.82, 2.24) is 5.32 Å². The number of thiocarbonyl (C=S) groups is 1. The molecule has 1 N–H and O–H groups in total. The van der Waals surface area contributed by atoms with Crippen LogP contribution in [0.1, 0.15) is 11.1 Å². The van der Waals surface area contributed by atoms with Crippen molar-refractivity contribution in [2.24, 2.45) is 0 Å². The summed E-state index contributed by atoms with van der Waals surface area (Å²) in [5, 5.41) is 2.59. The number of carbonyl (C=O) groups is 1. The van der Waals surface area contributed by atoms with E-state index < -0.39 is 0 Å². The van der Waals surface area contributed by atoms with E-state index in [9.17, 15) is 4.79 Å². The van der Waals surface area contributed by atoms with Gasteiger partial charge in [-0.3, -0.25) is 4.79 Å². The molecule has 15 heavy (non-hydrogen) atoms. The molecule has 0 radical (unpaired) electrons. The van der Waals surface area contributed by atoms with Crippen LogP contribution < -0.4 is 5.32 Å². The average molecular weight is 235 g/mol. The Morgan fingerprint density at radius 3 is 2.87 bits per heavy atom. The summed E-state index contributed by atoms with van der Waals surface area (Å²) in [6, 6.07) is 7.99. The van der Waals surface area contributed by atoms with Crippen molar-refractivity contribution >= 4 is 40.3 Å². The van der Waals surface area contributed by atoms with Crippen LogP contribution in [0.5, 0.6) is 0 Å². The summed E-state index contributed by atoms with van der Waals surface area (Å²) in [6.07, 6.45) is 1.85. The zero-order valence-corrected chi connectivity index (χ0v) is 9.74. The highest BCUT2D eigenvalue weighted by Gasteiger charge is 2.21. The molecule has 0 aliphatic carbocycles. The SMILES string of the molecule is Cc1cccc(/C=C2\SC(=S)NC2=O)c1. The van der Waals surface area contributed by atoms with Crippen LogP contribution in [0.15, 0.2) is 29.2 Å². The molecule has 2 nitrogen and oxygen atoms in total. The minimum atomic E-state index is -0.105. The molecule has 0 atom stereocenters. The van der Waals surface area contributed by atoms with Crippen molar-refractivity contribution in [2.45, 2.75) is 6.92 Å². The molecule has 0 saturated carbocycles. The number of rotatable bonds is 1. The van der Waals surface area contributed by atoms with Crippen molar-refractivity contribution in [3.8, 4) is 0 Å². The first-order valence-electron chi connectivity index (χ1n) is 4.47. The lowest BCUT2D eigenvalue weighted by molar-refractivity contribution is -0.115. The van der Waals surface area contributed by atoms with Gasteiger partial charge in [-0.25, -0.2) is 0 Å². The summed E-state index contributed by atoms with van der Waals surface area (Å²) < 4.78 is 0.527. The highest BCUT2D eigenvalue weighted by atomic mass is 32.2. The highest BCUT2D eigenvalue weighted by molar-refractivity contribution is 8.26. The summed E-state index contributed by atoms with van der Waals surface area (Å²) in [4.78, 5) is 12.0. The molecular formula is C11H9NOS2. The Kier molecular flexibility index (Phi) is 2.88. The molecule has 1 fully saturated rings. The summed E-state index contributed by atoms with van der Waals surface area (Å²) in [7, 11) is 0. The van der Waals surface area contributed by atoms with Crippen LogP contribution in [-0.2, 0) is 4.79 Å². The third-order valence-corrected chi connectivity index (χ3v) is 3.14. The van der Waals surface area contributed by atoms with E-state index in [0.717, 1.165) is 5.56 Å². The molecule has 2 rings (SSSR count). The van der Waals surface area contributed by atoms with Crippen molar-refractivity contribution in [3.63, 3.8) is 0 Å². The largest absolute Gasteiger partial charge is 0.307 e. The smallest absolute Gasteiger partial charge is 0.263 e. The molecule has 1 amide bonds. The molecule has 0 spiro atoms. The minimum Gasteiger partial charge on any atom is -0.307 e. The molecule has 1 aromatic rings. The van der Waals surface area contributed by atoms with Crippen molar-refractivity contribution in [1.29, 1.82) is 0 Å². The van der Waals surface area contributed by atoms with Gasteiger partial charge in [0.1, 0.15) is 4.32 Å². The van der Waals surface area contributed by atoms with Gasteiger partial charge in [-0.2, -0.15) is 0 Å². The van der Waals surface area contributed by atoms with Crippen LogP contribution >= 0.6 is 24.0 Å². The molecule has 4 heteroatoms. The van der Waals surface area contributed by atoms with E-state index in [1.165, 1.54) is 17.3 Å². The zero-order chi connectivity index (χ0) is 10.8. The Balaban J connectivity index is 2.31. The van der Waals surface area contributed by atoms with Gasteiger partial charge in [0.15, 0.2) is 0 Å². The predicted octanol–water partition coefficient (Wildman–Crippen LogP) is 2.48. The van der Waals surface area contributed by atoms with E-state index in [-0.39, 0.29) is 5.91 Å². The molecule has 1 aliphatic rings. The van der Waals surface area contributed by atoms with Gasteiger partial charge in [-0.15, -0.1) is 0 Å². The van der Waals surface area contributed by atoms with E-state index in [1.807, 2.05) is 37.3 Å². The number of thioether (sulfide) groups is 1. The normalized spacial score (nSPS) is 18.3. The van der Waals surface area contributed by atoms with E-state index >= 15 is 0 Å². The van der Waals surface area contributed by atoms with Crippen molar-refractivity contribution in [3.05, 3.63) is 40.3 Å². The van der Waals surface area contributed by atoms with Crippen LogP contribution in [0.4, 0.5) is 0 Å². The maximum atomic E-state index is 11.4. The fourth-order valence-electron chi connectivity index (χ4n) is 1.33. The summed E-state index contributed by atoms with van der Waals surface area (Å²) in [6.45, 7) is 2.02. The first-order valence-corrected chi connectivity index (χ1v) is 5.69. The highest BCUT2D eigenvalue weighted by Crippen LogP contribution is 2.25. The number of carbonyl (C=O) groups excluding carboxylic acids is 1. The van der Waals surface area contributed by atoms with Gasteiger partial charge in [0, 0.05) is 0 Å². The molecule has 0 unspecified atom stereocenters. The third kappa shape index (κ3) is 2.46. The Labute approximate surface area is 97.8 Å². The molecule has 1 aromatic carbocycles. The topological polar surface area (TPSA) is 29.1 Å². The van der Waals surface area contributed by atoms with Gasteiger partial charge in [0.25, 0.3) is 5.91 Å². The molecule has 0 bridgehead atoms. The quantitative estimate of drug-likeness (QED) is 0.599. The summed E-state index contributed by atoms with van der Waals surface area (Å²) in [5.74, 6) is -0.105. The average Bonchev–Trinajstić information content (AvgIpc) is 2.45. The summed E-state index contributed by atoms with van der Waals surface area (Å²) in [5.41, 5.74) is 2.20. The molecule has 0 aromatic heterocycles. The van der Waals surface area contributed by atoms with Crippen LogP contribution in [0.3, 0.4) is 0 Å². The number of amides is 1. The molecule has 1 saturated heterocycles. The number of nitrogens with one attached hydrogen (secondary N) is 1. The molecule has 1 aliphatic heterocycles. The second-order valence-corrected chi connectivity index (χ2v) is 4.99. The van der Waals surface area contributed by atoms with Gasteiger partial charge in [0.2, 0.25) is 0 Å². The Hall–Kier alpha value is -1.13. The fraction of sp³-hybridized carbons (Fsp3) is 0.0909. The second-order valence-electron chi connectivity index (χ2n) is 3.27. The second kappa shape index (κ2) is 4.16. The first-order chi connectivity index (χ1) is 7.15. The van der Waals surface area contributed by atoms with Crippen LogP contribution in [0.25, 0.3) is 6.08 Å².